The van der Waals surface area contributed by atoms with E-state index < -0.39 is 6.10 Å². The number of aromatic nitrogens is 1. The summed E-state index contributed by atoms with van der Waals surface area (Å²) in [5.41, 5.74) is 0.829. The molecule has 25 heavy (non-hydrogen) atoms. The summed E-state index contributed by atoms with van der Waals surface area (Å²) < 4.78 is 5.93. The van der Waals surface area contributed by atoms with Crippen LogP contribution in [-0.2, 0) is 4.74 Å². The Morgan fingerprint density at radius 1 is 1.28 bits per heavy atom. The molecule has 0 aliphatic heterocycles. The highest BCUT2D eigenvalue weighted by molar-refractivity contribution is 5.79. The van der Waals surface area contributed by atoms with Gasteiger partial charge >= 0.3 is 0 Å². The van der Waals surface area contributed by atoms with Crippen LogP contribution < -0.4 is 10.6 Å². The first-order chi connectivity index (χ1) is 12.3. The molecule has 1 fully saturated rings. The van der Waals surface area contributed by atoms with E-state index in [0.29, 0.717) is 12.6 Å². The summed E-state index contributed by atoms with van der Waals surface area (Å²) >= 11 is 0. The van der Waals surface area contributed by atoms with Crippen LogP contribution in [0.15, 0.2) is 29.5 Å². The minimum atomic E-state index is -0.618. The second kappa shape index (κ2) is 11.8. The van der Waals surface area contributed by atoms with Crippen LogP contribution in [0.3, 0.4) is 0 Å². The predicted octanol–water partition coefficient (Wildman–Crippen LogP) is 2.41. The standard InChI is InChI=1S/C19H32N4O2/c1-2-21-19(23-15-18(24)16-9-12-20-13-10-16)22-11-6-14-25-17-7-4-3-5-8-17/h9-10,12-13,17-18,24H,2-8,11,14-15H2,1H3,(H2,21,22,23). The molecule has 1 unspecified atom stereocenters. The van der Waals surface area contributed by atoms with E-state index >= 15 is 0 Å². The van der Waals surface area contributed by atoms with Gasteiger partial charge in [-0.25, -0.2) is 0 Å². The Balaban J connectivity index is 1.66. The summed E-state index contributed by atoms with van der Waals surface area (Å²) in [5, 5.41) is 16.7. The third-order valence-electron chi connectivity index (χ3n) is 4.38. The van der Waals surface area contributed by atoms with E-state index in [0.717, 1.165) is 37.6 Å². The van der Waals surface area contributed by atoms with Gasteiger partial charge in [-0.15, -0.1) is 0 Å². The monoisotopic (exact) mass is 348 g/mol. The average Bonchev–Trinajstić information content (AvgIpc) is 2.67. The molecule has 0 spiro atoms. The van der Waals surface area contributed by atoms with E-state index in [1.165, 1.54) is 32.1 Å². The molecule has 0 radical (unpaired) electrons. The largest absolute Gasteiger partial charge is 0.386 e. The number of aliphatic hydroxyl groups is 1. The molecule has 1 heterocycles. The van der Waals surface area contributed by atoms with E-state index in [4.69, 9.17) is 4.74 Å². The maximum atomic E-state index is 10.2. The average molecular weight is 348 g/mol. The van der Waals surface area contributed by atoms with Crippen molar-refractivity contribution in [2.24, 2.45) is 4.99 Å². The van der Waals surface area contributed by atoms with Gasteiger partial charge in [0.1, 0.15) is 0 Å². The highest BCUT2D eigenvalue weighted by Crippen LogP contribution is 2.20. The molecular formula is C19H32N4O2. The highest BCUT2D eigenvalue weighted by atomic mass is 16.5. The molecule has 0 saturated heterocycles. The Labute approximate surface area is 151 Å². The highest BCUT2D eigenvalue weighted by Gasteiger charge is 2.13. The summed E-state index contributed by atoms with van der Waals surface area (Å²) in [5.74, 6) is 0.730. The molecule has 0 amide bonds. The minimum Gasteiger partial charge on any atom is -0.386 e. The van der Waals surface area contributed by atoms with Gasteiger partial charge in [-0.2, -0.15) is 0 Å². The molecule has 1 aromatic rings. The van der Waals surface area contributed by atoms with Gasteiger partial charge < -0.3 is 20.5 Å². The van der Waals surface area contributed by atoms with Crippen molar-refractivity contribution in [1.29, 1.82) is 0 Å². The fourth-order valence-corrected chi connectivity index (χ4v) is 2.97. The number of aliphatic imine (C=N–C) groups is 1. The normalized spacial score (nSPS) is 17.3. The lowest BCUT2D eigenvalue weighted by Crippen LogP contribution is -2.38. The zero-order valence-corrected chi connectivity index (χ0v) is 15.3. The van der Waals surface area contributed by atoms with Crippen molar-refractivity contribution in [2.45, 2.75) is 57.7 Å². The van der Waals surface area contributed by atoms with E-state index in [9.17, 15) is 5.11 Å². The first-order valence-electron chi connectivity index (χ1n) is 9.51. The van der Waals surface area contributed by atoms with E-state index in [1.54, 1.807) is 12.4 Å². The third kappa shape index (κ3) is 7.84. The van der Waals surface area contributed by atoms with Crippen LogP contribution in [0.4, 0.5) is 0 Å². The molecule has 2 rings (SSSR count). The lowest BCUT2D eigenvalue weighted by molar-refractivity contribution is 0.0277. The SMILES string of the molecule is CCNC(=NCC(O)c1ccncc1)NCCCOC1CCCCC1. The maximum absolute atomic E-state index is 10.2. The Bertz CT molecular complexity index is 489. The van der Waals surface area contributed by atoms with Gasteiger partial charge in [0.15, 0.2) is 5.96 Å². The number of nitrogens with one attached hydrogen (secondary N) is 2. The molecule has 1 aromatic heterocycles. The zero-order chi connectivity index (χ0) is 17.7. The van der Waals surface area contributed by atoms with Gasteiger partial charge in [0, 0.05) is 32.1 Å². The molecule has 6 nitrogen and oxygen atoms in total. The van der Waals surface area contributed by atoms with Crippen molar-refractivity contribution >= 4 is 5.96 Å². The third-order valence-corrected chi connectivity index (χ3v) is 4.38. The number of hydrogen-bond donors (Lipinski definition) is 3. The Kier molecular flexibility index (Phi) is 9.29. The molecule has 0 bridgehead atoms. The van der Waals surface area contributed by atoms with Crippen molar-refractivity contribution in [3.8, 4) is 0 Å². The van der Waals surface area contributed by atoms with Crippen molar-refractivity contribution in [3.05, 3.63) is 30.1 Å². The maximum Gasteiger partial charge on any atom is 0.191 e. The Morgan fingerprint density at radius 3 is 2.76 bits per heavy atom. The Hall–Kier alpha value is -1.66. The minimum absolute atomic E-state index is 0.317. The van der Waals surface area contributed by atoms with Gasteiger partial charge in [0.2, 0.25) is 0 Å². The van der Waals surface area contributed by atoms with Gasteiger partial charge in [-0.1, -0.05) is 19.3 Å². The van der Waals surface area contributed by atoms with Gasteiger partial charge in [-0.3, -0.25) is 9.98 Å². The second-order valence-corrected chi connectivity index (χ2v) is 6.43. The van der Waals surface area contributed by atoms with E-state index in [1.807, 2.05) is 19.1 Å². The van der Waals surface area contributed by atoms with Crippen molar-refractivity contribution in [3.63, 3.8) is 0 Å². The van der Waals surface area contributed by atoms with Crippen molar-refractivity contribution < 1.29 is 9.84 Å². The quantitative estimate of drug-likeness (QED) is 0.363. The molecule has 0 aromatic carbocycles. The lowest BCUT2D eigenvalue weighted by atomic mass is 9.98. The van der Waals surface area contributed by atoms with Crippen LogP contribution in [0.1, 0.15) is 57.1 Å². The molecule has 6 heteroatoms. The van der Waals surface area contributed by atoms with Crippen molar-refractivity contribution in [1.82, 2.24) is 15.6 Å². The molecule has 1 saturated carbocycles. The van der Waals surface area contributed by atoms with Gasteiger partial charge in [-0.05, 0) is 43.9 Å². The molecule has 1 aliphatic rings. The van der Waals surface area contributed by atoms with Crippen LogP contribution in [0.25, 0.3) is 0 Å². The molecule has 3 N–H and O–H groups in total. The van der Waals surface area contributed by atoms with Crippen LogP contribution in [0.5, 0.6) is 0 Å². The molecule has 140 valence electrons. The van der Waals surface area contributed by atoms with Crippen LogP contribution >= 0.6 is 0 Å². The molecule has 1 aliphatic carbocycles. The fourth-order valence-electron chi connectivity index (χ4n) is 2.97. The topological polar surface area (TPSA) is 78.8 Å². The summed E-state index contributed by atoms with van der Waals surface area (Å²) in [6.07, 6.45) is 10.5. The van der Waals surface area contributed by atoms with Gasteiger partial charge in [0.05, 0.1) is 18.8 Å². The second-order valence-electron chi connectivity index (χ2n) is 6.43. The molecular weight excluding hydrogens is 316 g/mol. The van der Waals surface area contributed by atoms with Gasteiger partial charge in [0.25, 0.3) is 0 Å². The first kappa shape index (κ1) is 19.7. The number of pyridine rings is 1. The van der Waals surface area contributed by atoms with Crippen LogP contribution in [0.2, 0.25) is 0 Å². The number of ether oxygens (including phenoxy) is 1. The number of rotatable bonds is 9. The van der Waals surface area contributed by atoms with E-state index in [-0.39, 0.29) is 0 Å². The molecule has 1 atom stereocenters. The van der Waals surface area contributed by atoms with Crippen molar-refractivity contribution in [2.75, 3.05) is 26.2 Å². The lowest BCUT2D eigenvalue weighted by Gasteiger charge is -2.22. The summed E-state index contributed by atoms with van der Waals surface area (Å²) in [6.45, 7) is 4.73. The van der Waals surface area contributed by atoms with Crippen LogP contribution in [-0.4, -0.2) is 48.4 Å². The summed E-state index contributed by atoms with van der Waals surface area (Å²) in [7, 11) is 0. The van der Waals surface area contributed by atoms with Crippen LogP contribution in [0, 0.1) is 0 Å². The number of aliphatic hydroxyl groups excluding tert-OH is 1. The number of hydrogen-bond acceptors (Lipinski definition) is 4. The predicted molar refractivity (Wildman–Crippen MR) is 101 cm³/mol. The number of guanidine groups is 1. The fraction of sp³-hybridized carbons (Fsp3) is 0.684. The summed E-state index contributed by atoms with van der Waals surface area (Å²) in [6, 6.07) is 3.62. The Morgan fingerprint density at radius 2 is 2.04 bits per heavy atom. The first-order valence-corrected chi connectivity index (χ1v) is 9.51. The zero-order valence-electron chi connectivity index (χ0n) is 15.3. The smallest absolute Gasteiger partial charge is 0.191 e. The number of nitrogens with zero attached hydrogens (tertiary/aromatic N) is 2. The van der Waals surface area contributed by atoms with E-state index in [2.05, 4.69) is 20.6 Å². The summed E-state index contributed by atoms with van der Waals surface area (Å²) in [4.78, 5) is 8.42.